The van der Waals surface area contributed by atoms with Crippen LogP contribution in [0.1, 0.15) is 19.3 Å². The molecule has 5 heteroatoms. The first kappa shape index (κ1) is 13.4. The Bertz CT molecular complexity index is 456. The average molecular weight is 274 g/mol. The molecule has 1 saturated carbocycles. The summed E-state index contributed by atoms with van der Waals surface area (Å²) in [4.78, 5) is 21.0. The molecule has 1 amide bonds. The molecule has 1 aromatic heterocycles. The number of carbonyl (C=O) groups excluding carboxylic acids is 1. The van der Waals surface area contributed by atoms with Crippen LogP contribution in [0.25, 0.3) is 0 Å². The fraction of sp³-hybridized carbons (Fsp3) is 0.600. The zero-order valence-corrected chi connectivity index (χ0v) is 11.7. The molecule has 0 aromatic carbocycles. The molecule has 108 valence electrons. The van der Waals surface area contributed by atoms with E-state index in [1.807, 2.05) is 29.3 Å². The molecule has 1 aliphatic heterocycles. The van der Waals surface area contributed by atoms with E-state index < -0.39 is 0 Å². The maximum absolute atomic E-state index is 12.5. The number of aromatic nitrogens is 1. The third-order valence-electron chi connectivity index (χ3n) is 4.45. The lowest BCUT2D eigenvalue weighted by molar-refractivity contribution is -0.136. The van der Waals surface area contributed by atoms with E-state index in [4.69, 9.17) is 5.73 Å². The van der Waals surface area contributed by atoms with Crippen LogP contribution in [-0.4, -0.2) is 48.0 Å². The number of pyridine rings is 1. The number of piperazine rings is 1. The van der Waals surface area contributed by atoms with Gasteiger partial charge in [0.05, 0.1) is 5.92 Å². The van der Waals surface area contributed by atoms with Gasteiger partial charge >= 0.3 is 0 Å². The summed E-state index contributed by atoms with van der Waals surface area (Å²) in [6.07, 6.45) is 4.85. The van der Waals surface area contributed by atoms with E-state index in [9.17, 15) is 4.79 Å². The van der Waals surface area contributed by atoms with Crippen molar-refractivity contribution in [3.8, 4) is 0 Å². The van der Waals surface area contributed by atoms with Crippen molar-refractivity contribution in [2.45, 2.75) is 25.3 Å². The molecule has 0 radical (unpaired) electrons. The molecule has 2 unspecified atom stereocenters. The molecule has 20 heavy (non-hydrogen) atoms. The van der Waals surface area contributed by atoms with Gasteiger partial charge in [-0.2, -0.15) is 0 Å². The lowest BCUT2D eigenvalue weighted by Gasteiger charge is -2.37. The van der Waals surface area contributed by atoms with E-state index in [1.54, 1.807) is 0 Å². The van der Waals surface area contributed by atoms with E-state index in [0.717, 1.165) is 51.3 Å². The second-order valence-corrected chi connectivity index (χ2v) is 5.70. The number of amides is 1. The Balaban J connectivity index is 1.57. The van der Waals surface area contributed by atoms with Gasteiger partial charge in [-0.05, 0) is 25.0 Å². The van der Waals surface area contributed by atoms with Gasteiger partial charge in [-0.25, -0.2) is 4.98 Å². The summed E-state index contributed by atoms with van der Waals surface area (Å²) in [7, 11) is 0. The number of anilines is 1. The van der Waals surface area contributed by atoms with Crippen LogP contribution in [0.5, 0.6) is 0 Å². The van der Waals surface area contributed by atoms with Crippen LogP contribution in [-0.2, 0) is 4.79 Å². The van der Waals surface area contributed by atoms with Gasteiger partial charge in [-0.1, -0.05) is 12.5 Å². The van der Waals surface area contributed by atoms with Crippen molar-refractivity contribution in [3.05, 3.63) is 24.4 Å². The van der Waals surface area contributed by atoms with Crippen molar-refractivity contribution >= 4 is 11.7 Å². The molecule has 1 saturated heterocycles. The lowest BCUT2D eigenvalue weighted by Crippen LogP contribution is -2.52. The van der Waals surface area contributed by atoms with Gasteiger partial charge in [0.1, 0.15) is 5.82 Å². The summed E-state index contributed by atoms with van der Waals surface area (Å²) >= 11 is 0. The Morgan fingerprint density at radius 1 is 1.20 bits per heavy atom. The van der Waals surface area contributed by atoms with Crippen molar-refractivity contribution in [2.75, 3.05) is 31.1 Å². The second kappa shape index (κ2) is 5.79. The molecule has 1 aromatic rings. The Kier molecular flexibility index (Phi) is 3.87. The van der Waals surface area contributed by atoms with Gasteiger partial charge in [0.15, 0.2) is 0 Å². The van der Waals surface area contributed by atoms with Crippen LogP contribution < -0.4 is 10.6 Å². The number of carbonyl (C=O) groups is 1. The Hall–Kier alpha value is -1.62. The predicted molar refractivity (Wildman–Crippen MR) is 78.3 cm³/mol. The summed E-state index contributed by atoms with van der Waals surface area (Å²) in [5, 5.41) is 0. The van der Waals surface area contributed by atoms with Gasteiger partial charge in [-0.15, -0.1) is 0 Å². The highest BCUT2D eigenvalue weighted by Crippen LogP contribution is 2.26. The van der Waals surface area contributed by atoms with Crippen molar-refractivity contribution in [1.29, 1.82) is 0 Å². The van der Waals surface area contributed by atoms with E-state index in [1.165, 1.54) is 0 Å². The minimum Gasteiger partial charge on any atom is -0.353 e. The molecular weight excluding hydrogens is 252 g/mol. The highest BCUT2D eigenvalue weighted by Gasteiger charge is 2.34. The maximum atomic E-state index is 12.5. The molecule has 2 aliphatic rings. The van der Waals surface area contributed by atoms with E-state index in [-0.39, 0.29) is 17.9 Å². The fourth-order valence-corrected chi connectivity index (χ4v) is 3.23. The molecule has 0 bridgehead atoms. The first-order valence-corrected chi connectivity index (χ1v) is 7.46. The smallest absolute Gasteiger partial charge is 0.227 e. The fourth-order valence-electron chi connectivity index (χ4n) is 3.23. The van der Waals surface area contributed by atoms with Gasteiger partial charge < -0.3 is 15.5 Å². The first-order chi connectivity index (χ1) is 9.75. The van der Waals surface area contributed by atoms with Crippen LogP contribution in [0.2, 0.25) is 0 Å². The topological polar surface area (TPSA) is 62.5 Å². The molecule has 2 heterocycles. The van der Waals surface area contributed by atoms with Crippen molar-refractivity contribution in [1.82, 2.24) is 9.88 Å². The summed E-state index contributed by atoms with van der Waals surface area (Å²) in [5.41, 5.74) is 6.04. The van der Waals surface area contributed by atoms with Crippen LogP contribution in [0.4, 0.5) is 5.82 Å². The molecule has 0 spiro atoms. The summed E-state index contributed by atoms with van der Waals surface area (Å²) in [6.45, 7) is 3.26. The molecule has 2 N–H and O–H groups in total. The van der Waals surface area contributed by atoms with Crippen LogP contribution >= 0.6 is 0 Å². The molecule has 5 nitrogen and oxygen atoms in total. The third kappa shape index (κ3) is 2.63. The molecular formula is C15H22N4O. The van der Waals surface area contributed by atoms with Crippen LogP contribution in [0.15, 0.2) is 24.4 Å². The highest BCUT2D eigenvalue weighted by atomic mass is 16.2. The predicted octanol–water partition coefficient (Wildman–Crippen LogP) is 0.858. The standard InChI is InChI=1S/C15H22N4O/c16-13-5-3-4-12(13)15(20)19-10-8-18(9-11-19)14-6-1-2-7-17-14/h1-2,6-7,12-13H,3-5,8-11,16H2. The quantitative estimate of drug-likeness (QED) is 0.869. The molecule has 3 rings (SSSR count). The molecule has 2 atom stereocenters. The minimum atomic E-state index is 0.0522. The Morgan fingerprint density at radius 2 is 2.00 bits per heavy atom. The molecule has 1 aliphatic carbocycles. The van der Waals surface area contributed by atoms with E-state index in [2.05, 4.69) is 9.88 Å². The Morgan fingerprint density at radius 3 is 2.60 bits per heavy atom. The maximum Gasteiger partial charge on any atom is 0.227 e. The first-order valence-electron chi connectivity index (χ1n) is 7.46. The lowest BCUT2D eigenvalue weighted by atomic mass is 10.0. The monoisotopic (exact) mass is 274 g/mol. The van der Waals surface area contributed by atoms with Gasteiger partial charge in [0.25, 0.3) is 0 Å². The Labute approximate surface area is 119 Å². The zero-order chi connectivity index (χ0) is 13.9. The highest BCUT2D eigenvalue weighted by molar-refractivity contribution is 5.80. The normalized spacial score (nSPS) is 26.9. The van der Waals surface area contributed by atoms with Gasteiger partial charge in [0.2, 0.25) is 5.91 Å². The number of hydrogen-bond donors (Lipinski definition) is 1. The number of nitrogens with zero attached hydrogens (tertiary/aromatic N) is 3. The van der Waals surface area contributed by atoms with Gasteiger partial charge in [0, 0.05) is 38.4 Å². The number of rotatable bonds is 2. The van der Waals surface area contributed by atoms with Crippen molar-refractivity contribution in [3.63, 3.8) is 0 Å². The second-order valence-electron chi connectivity index (χ2n) is 5.70. The summed E-state index contributed by atoms with van der Waals surface area (Å²) in [6, 6.07) is 6.00. The van der Waals surface area contributed by atoms with Crippen molar-refractivity contribution in [2.24, 2.45) is 11.7 Å². The van der Waals surface area contributed by atoms with E-state index >= 15 is 0 Å². The average Bonchev–Trinajstić information content (AvgIpc) is 2.94. The number of nitrogens with two attached hydrogens (primary N) is 1. The van der Waals surface area contributed by atoms with Gasteiger partial charge in [-0.3, -0.25) is 4.79 Å². The third-order valence-corrected chi connectivity index (χ3v) is 4.45. The molecule has 2 fully saturated rings. The number of hydrogen-bond acceptors (Lipinski definition) is 4. The van der Waals surface area contributed by atoms with Crippen LogP contribution in [0.3, 0.4) is 0 Å². The zero-order valence-electron chi connectivity index (χ0n) is 11.7. The summed E-state index contributed by atoms with van der Waals surface area (Å²) < 4.78 is 0. The summed E-state index contributed by atoms with van der Waals surface area (Å²) in [5.74, 6) is 1.31. The SMILES string of the molecule is NC1CCCC1C(=O)N1CCN(c2ccccn2)CC1. The van der Waals surface area contributed by atoms with E-state index in [0.29, 0.717) is 0 Å². The van der Waals surface area contributed by atoms with Crippen molar-refractivity contribution < 1.29 is 4.79 Å². The largest absolute Gasteiger partial charge is 0.353 e. The minimum absolute atomic E-state index is 0.0522. The van der Waals surface area contributed by atoms with Crippen LogP contribution in [0, 0.1) is 5.92 Å².